The van der Waals surface area contributed by atoms with E-state index in [-0.39, 0.29) is 11.1 Å². The maximum absolute atomic E-state index is 12.5. The zero-order chi connectivity index (χ0) is 18.1. The van der Waals surface area contributed by atoms with Gasteiger partial charge in [0.1, 0.15) is 5.15 Å². The third-order valence-corrected chi connectivity index (χ3v) is 4.28. The van der Waals surface area contributed by atoms with E-state index in [4.69, 9.17) is 16.0 Å². The maximum atomic E-state index is 12.5. The maximum Gasteiger partial charge on any atom is 0.258 e. The topological polar surface area (TPSA) is 80.9 Å². The highest BCUT2D eigenvalue weighted by atomic mass is 35.5. The van der Waals surface area contributed by atoms with Crippen molar-refractivity contribution in [1.82, 2.24) is 15.0 Å². The predicted octanol–water partition coefficient (Wildman–Crippen LogP) is 4.50. The van der Waals surface area contributed by atoms with Crippen LogP contribution in [0.2, 0.25) is 5.15 Å². The molecule has 7 heteroatoms. The molecule has 0 unspecified atom stereocenters. The molecule has 1 aromatic carbocycles. The molecule has 0 bridgehead atoms. The van der Waals surface area contributed by atoms with Gasteiger partial charge < -0.3 is 9.73 Å². The number of aromatic nitrogens is 3. The van der Waals surface area contributed by atoms with Gasteiger partial charge in [0.25, 0.3) is 5.91 Å². The van der Waals surface area contributed by atoms with E-state index in [2.05, 4.69) is 20.3 Å². The fraction of sp³-hybridized carbons (Fsp3) is 0.0526. The second kappa shape index (κ2) is 6.57. The Hall–Kier alpha value is -3.25. The van der Waals surface area contributed by atoms with Crippen LogP contribution < -0.4 is 5.32 Å². The quantitative estimate of drug-likeness (QED) is 0.541. The molecule has 0 saturated carbocycles. The number of carbonyl (C=O) groups excluding carboxylic acids is 1. The average molecular weight is 365 g/mol. The van der Waals surface area contributed by atoms with Gasteiger partial charge in [-0.05, 0) is 48.9 Å². The Balaban J connectivity index is 1.70. The zero-order valence-corrected chi connectivity index (χ0v) is 14.5. The molecule has 3 aromatic heterocycles. The zero-order valence-electron chi connectivity index (χ0n) is 13.7. The van der Waals surface area contributed by atoms with Gasteiger partial charge in [0.15, 0.2) is 11.2 Å². The summed E-state index contributed by atoms with van der Waals surface area (Å²) < 4.78 is 5.78. The molecule has 0 atom stereocenters. The van der Waals surface area contributed by atoms with Crippen LogP contribution in [0.15, 0.2) is 59.3 Å². The Morgan fingerprint density at radius 1 is 1.08 bits per heavy atom. The summed E-state index contributed by atoms with van der Waals surface area (Å²) in [6.07, 6.45) is 3.20. The normalized spacial score (nSPS) is 10.8. The number of amides is 1. The molecule has 4 rings (SSSR count). The summed E-state index contributed by atoms with van der Waals surface area (Å²) in [7, 11) is 0. The van der Waals surface area contributed by atoms with Crippen molar-refractivity contribution in [3.8, 4) is 11.5 Å². The molecule has 4 aromatic rings. The molecule has 0 aliphatic carbocycles. The standard InChI is InChI=1S/C19H13ClN4O2/c1-11-12(19-24-17-15(26-19)8-4-10-22-17)5-2-7-14(11)23-18(25)13-6-3-9-21-16(13)20/h2-10H,1H3,(H,23,25). The average Bonchev–Trinajstić information content (AvgIpc) is 3.07. The number of fused-ring (bicyclic) bond motifs is 1. The summed E-state index contributed by atoms with van der Waals surface area (Å²) in [5, 5.41) is 3.02. The molecule has 128 valence electrons. The second-order valence-corrected chi connectivity index (χ2v) is 5.98. The van der Waals surface area contributed by atoms with Gasteiger partial charge in [0.2, 0.25) is 5.89 Å². The number of carbonyl (C=O) groups is 1. The van der Waals surface area contributed by atoms with Crippen molar-refractivity contribution in [2.45, 2.75) is 6.92 Å². The number of nitrogens with zero attached hydrogens (tertiary/aromatic N) is 3. The van der Waals surface area contributed by atoms with Crippen molar-refractivity contribution in [2.75, 3.05) is 5.32 Å². The van der Waals surface area contributed by atoms with Gasteiger partial charge in [-0.2, -0.15) is 4.98 Å². The third-order valence-electron chi connectivity index (χ3n) is 3.98. The van der Waals surface area contributed by atoms with E-state index in [1.165, 1.54) is 6.20 Å². The van der Waals surface area contributed by atoms with E-state index < -0.39 is 0 Å². The minimum absolute atomic E-state index is 0.156. The molecule has 26 heavy (non-hydrogen) atoms. The van der Waals surface area contributed by atoms with Gasteiger partial charge >= 0.3 is 0 Å². The van der Waals surface area contributed by atoms with E-state index in [9.17, 15) is 4.79 Å². The highest BCUT2D eigenvalue weighted by Gasteiger charge is 2.16. The fourth-order valence-corrected chi connectivity index (χ4v) is 2.84. The summed E-state index contributed by atoms with van der Waals surface area (Å²) in [5.74, 6) is 0.120. The number of hydrogen-bond donors (Lipinski definition) is 1. The lowest BCUT2D eigenvalue weighted by atomic mass is 10.1. The highest BCUT2D eigenvalue weighted by molar-refractivity contribution is 6.33. The Labute approximate surface area is 153 Å². The van der Waals surface area contributed by atoms with Gasteiger partial charge in [-0.1, -0.05) is 17.7 Å². The van der Waals surface area contributed by atoms with Crippen LogP contribution in [0.4, 0.5) is 5.69 Å². The monoisotopic (exact) mass is 364 g/mol. The smallest absolute Gasteiger partial charge is 0.258 e. The number of rotatable bonds is 3. The first kappa shape index (κ1) is 16.2. The molecule has 0 saturated heterocycles. The Kier molecular flexibility index (Phi) is 4.10. The Morgan fingerprint density at radius 3 is 2.69 bits per heavy atom. The van der Waals surface area contributed by atoms with E-state index in [1.807, 2.05) is 31.2 Å². The van der Waals surface area contributed by atoms with Gasteiger partial charge in [-0.15, -0.1) is 0 Å². The summed E-state index contributed by atoms with van der Waals surface area (Å²) >= 11 is 5.99. The molecule has 1 N–H and O–H groups in total. The number of oxazole rings is 1. The molecule has 0 fully saturated rings. The largest absolute Gasteiger partial charge is 0.434 e. The third kappa shape index (κ3) is 2.91. The number of anilines is 1. The van der Waals surface area contributed by atoms with Crippen LogP contribution >= 0.6 is 11.6 Å². The highest BCUT2D eigenvalue weighted by Crippen LogP contribution is 2.30. The van der Waals surface area contributed by atoms with Crippen LogP contribution in [-0.4, -0.2) is 20.9 Å². The van der Waals surface area contributed by atoms with Crippen molar-refractivity contribution < 1.29 is 9.21 Å². The van der Waals surface area contributed by atoms with Crippen LogP contribution in [0.5, 0.6) is 0 Å². The van der Waals surface area contributed by atoms with Crippen LogP contribution in [0.1, 0.15) is 15.9 Å². The van der Waals surface area contributed by atoms with Crippen molar-refractivity contribution in [1.29, 1.82) is 0 Å². The first-order valence-corrected chi connectivity index (χ1v) is 8.24. The molecule has 0 radical (unpaired) electrons. The van der Waals surface area contributed by atoms with Gasteiger partial charge in [-0.25, -0.2) is 9.97 Å². The van der Waals surface area contributed by atoms with E-state index in [1.54, 1.807) is 24.4 Å². The molecular weight excluding hydrogens is 352 g/mol. The molecular formula is C19H13ClN4O2. The van der Waals surface area contributed by atoms with Crippen molar-refractivity contribution in [3.63, 3.8) is 0 Å². The van der Waals surface area contributed by atoms with Crippen LogP contribution in [0, 0.1) is 6.92 Å². The SMILES string of the molecule is Cc1c(NC(=O)c2cccnc2Cl)cccc1-c1nc2ncccc2o1. The predicted molar refractivity (Wildman–Crippen MR) is 99.2 cm³/mol. The number of benzene rings is 1. The molecule has 0 spiro atoms. The molecule has 1 amide bonds. The summed E-state index contributed by atoms with van der Waals surface area (Å²) in [6, 6.07) is 12.4. The number of halogens is 1. The lowest BCUT2D eigenvalue weighted by Gasteiger charge is -2.11. The van der Waals surface area contributed by atoms with Gasteiger partial charge in [0, 0.05) is 23.6 Å². The van der Waals surface area contributed by atoms with E-state index in [0.717, 1.165) is 11.1 Å². The van der Waals surface area contributed by atoms with E-state index >= 15 is 0 Å². The Bertz CT molecular complexity index is 1090. The lowest BCUT2D eigenvalue weighted by Crippen LogP contribution is -2.14. The lowest BCUT2D eigenvalue weighted by molar-refractivity contribution is 0.102. The van der Waals surface area contributed by atoms with Crippen LogP contribution in [-0.2, 0) is 0 Å². The van der Waals surface area contributed by atoms with Gasteiger partial charge in [-0.3, -0.25) is 4.79 Å². The molecule has 0 aliphatic heterocycles. The number of nitrogens with one attached hydrogen (secondary N) is 1. The van der Waals surface area contributed by atoms with E-state index in [0.29, 0.717) is 28.4 Å². The second-order valence-electron chi connectivity index (χ2n) is 5.62. The van der Waals surface area contributed by atoms with Crippen LogP contribution in [0.25, 0.3) is 22.7 Å². The van der Waals surface area contributed by atoms with Crippen LogP contribution in [0.3, 0.4) is 0 Å². The van der Waals surface area contributed by atoms with Crippen molar-refractivity contribution in [2.24, 2.45) is 0 Å². The molecule has 0 aliphatic rings. The van der Waals surface area contributed by atoms with Gasteiger partial charge in [0.05, 0.1) is 5.56 Å². The minimum Gasteiger partial charge on any atom is -0.434 e. The van der Waals surface area contributed by atoms with Crippen molar-refractivity contribution in [3.05, 3.63) is 71.1 Å². The summed E-state index contributed by atoms with van der Waals surface area (Å²) in [6.45, 7) is 1.89. The number of hydrogen-bond acceptors (Lipinski definition) is 5. The summed E-state index contributed by atoms with van der Waals surface area (Å²) in [5.41, 5.74) is 3.70. The molecule has 6 nitrogen and oxygen atoms in total. The minimum atomic E-state index is -0.331. The number of pyridine rings is 2. The Morgan fingerprint density at radius 2 is 1.88 bits per heavy atom. The van der Waals surface area contributed by atoms with Crippen molar-refractivity contribution >= 4 is 34.4 Å². The fourth-order valence-electron chi connectivity index (χ4n) is 2.63. The molecule has 3 heterocycles. The first-order valence-electron chi connectivity index (χ1n) is 7.87. The first-order chi connectivity index (χ1) is 12.6. The summed E-state index contributed by atoms with van der Waals surface area (Å²) in [4.78, 5) is 25.0.